The highest BCUT2D eigenvalue weighted by molar-refractivity contribution is 6.45. The Bertz CT molecular complexity index is 1120. The fourth-order valence-electron chi connectivity index (χ4n) is 3.83. The average molecular weight is 445 g/mol. The molecule has 1 amide bonds. The predicted octanol–water partition coefficient (Wildman–Crippen LogP) is 2.09. The van der Waals surface area contributed by atoms with Crippen LogP contribution in [0.15, 0.2) is 55.0 Å². The molecule has 0 radical (unpaired) electrons. The number of nitrogens with zero attached hydrogens (tertiary/aromatic N) is 6. The number of aromatic nitrogens is 3. The first-order valence-corrected chi connectivity index (χ1v) is 11.0. The minimum atomic E-state index is -0.464. The summed E-state index contributed by atoms with van der Waals surface area (Å²) in [5.74, 6) is 0.172. The lowest BCUT2D eigenvalue weighted by atomic mass is 9.84. The molecule has 1 aromatic carbocycles. The van der Waals surface area contributed by atoms with E-state index in [1.54, 1.807) is 31.5 Å². The molecule has 3 heterocycles. The number of carbonyl (C=O) groups is 1. The van der Waals surface area contributed by atoms with Gasteiger partial charge in [-0.25, -0.2) is 9.97 Å². The number of rotatable bonds is 6. The summed E-state index contributed by atoms with van der Waals surface area (Å²) in [4.78, 5) is 32.3. The van der Waals surface area contributed by atoms with Crippen LogP contribution >= 0.6 is 0 Å². The van der Waals surface area contributed by atoms with Crippen LogP contribution in [0.5, 0.6) is 0 Å². The van der Waals surface area contributed by atoms with Crippen LogP contribution in [-0.4, -0.2) is 78.0 Å². The van der Waals surface area contributed by atoms with E-state index < -0.39 is 7.05 Å². The molecule has 1 fully saturated rings. The first-order valence-electron chi connectivity index (χ1n) is 11.0. The van der Waals surface area contributed by atoms with E-state index in [1.807, 2.05) is 54.1 Å². The van der Waals surface area contributed by atoms with Gasteiger partial charge >= 0.3 is 7.05 Å². The molecule has 4 rings (SSSR count). The molecule has 2 aromatic heterocycles. The molecule has 33 heavy (non-hydrogen) atoms. The Hall–Kier alpha value is -3.50. The third-order valence-corrected chi connectivity index (χ3v) is 5.74. The number of piperazine rings is 1. The van der Waals surface area contributed by atoms with Crippen molar-refractivity contribution in [1.29, 1.82) is 0 Å². The van der Waals surface area contributed by atoms with Crippen LogP contribution in [0.25, 0.3) is 11.4 Å². The summed E-state index contributed by atoms with van der Waals surface area (Å²) in [5.41, 5.74) is 3.68. The number of benzene rings is 1. The van der Waals surface area contributed by atoms with Gasteiger partial charge < -0.3 is 25.0 Å². The van der Waals surface area contributed by atoms with Crippen molar-refractivity contribution in [3.63, 3.8) is 0 Å². The van der Waals surface area contributed by atoms with E-state index in [0.717, 1.165) is 43.1 Å². The molecule has 9 nitrogen and oxygen atoms in total. The summed E-state index contributed by atoms with van der Waals surface area (Å²) >= 11 is 0. The van der Waals surface area contributed by atoms with Crippen LogP contribution in [0.4, 0.5) is 17.1 Å². The molecule has 0 aliphatic carbocycles. The smallest absolute Gasteiger partial charge is 0.376 e. The number of carbonyl (C=O) groups excluding carboxylic acids is 1. The zero-order chi connectivity index (χ0) is 23.4. The van der Waals surface area contributed by atoms with Gasteiger partial charge in [-0.2, -0.15) is 0 Å². The number of anilines is 3. The Balaban J connectivity index is 1.52. The maximum Gasteiger partial charge on any atom is 0.376 e. The minimum Gasteiger partial charge on any atom is -0.437 e. The molecule has 0 atom stereocenters. The normalized spacial score (nSPS) is 14.1. The second-order valence-electron chi connectivity index (χ2n) is 8.21. The molecule has 1 saturated heterocycles. The predicted molar refractivity (Wildman–Crippen MR) is 132 cm³/mol. The van der Waals surface area contributed by atoms with Crippen molar-refractivity contribution in [2.45, 2.75) is 6.82 Å². The molecular weight excluding hydrogens is 417 g/mol. The van der Waals surface area contributed by atoms with E-state index in [1.165, 1.54) is 0 Å². The standard InChI is InChI=1S/C23H28BN7O2/c1-24(33)31-13-11-30(12-14-31)21-8-9-25-16-20(21)28-23(32)19-7-10-26-22(27-19)17-5-4-6-18(15-17)29(2)3/h4-10,15-16,33H,11-14H2,1-3H3,(H,28,32). The number of pyridine rings is 1. The largest absolute Gasteiger partial charge is 0.437 e. The second-order valence-corrected chi connectivity index (χ2v) is 8.21. The number of amides is 1. The lowest BCUT2D eigenvalue weighted by Crippen LogP contribution is -2.51. The molecule has 3 aromatic rings. The van der Waals surface area contributed by atoms with Gasteiger partial charge in [0, 0.05) is 63.9 Å². The zero-order valence-electron chi connectivity index (χ0n) is 19.1. The quantitative estimate of drug-likeness (QED) is 0.557. The van der Waals surface area contributed by atoms with Crippen LogP contribution in [0, 0.1) is 0 Å². The van der Waals surface area contributed by atoms with E-state index in [2.05, 4.69) is 25.2 Å². The van der Waals surface area contributed by atoms with Crippen molar-refractivity contribution >= 4 is 30.0 Å². The molecule has 0 saturated carbocycles. The summed E-state index contributed by atoms with van der Waals surface area (Å²) in [5, 5.41) is 12.8. The maximum atomic E-state index is 13.1. The fraction of sp³-hybridized carbons (Fsp3) is 0.304. The Labute approximate surface area is 194 Å². The van der Waals surface area contributed by atoms with Crippen molar-refractivity contribution in [3.8, 4) is 11.4 Å². The van der Waals surface area contributed by atoms with E-state index in [4.69, 9.17) is 0 Å². The molecule has 1 aliphatic rings. The van der Waals surface area contributed by atoms with Crippen molar-refractivity contribution in [1.82, 2.24) is 19.8 Å². The van der Waals surface area contributed by atoms with Crippen molar-refractivity contribution in [2.24, 2.45) is 0 Å². The Morgan fingerprint density at radius 3 is 2.64 bits per heavy atom. The van der Waals surface area contributed by atoms with Gasteiger partial charge in [0.1, 0.15) is 5.69 Å². The summed E-state index contributed by atoms with van der Waals surface area (Å²) in [6, 6.07) is 11.4. The number of nitrogens with one attached hydrogen (secondary N) is 1. The SMILES string of the molecule is CB(O)N1CCN(c2ccncc2NC(=O)c2ccnc(-c3cccc(N(C)C)c3)n2)CC1. The summed E-state index contributed by atoms with van der Waals surface area (Å²) in [6.45, 7) is 4.76. The van der Waals surface area contributed by atoms with Crippen LogP contribution in [-0.2, 0) is 0 Å². The fourth-order valence-corrected chi connectivity index (χ4v) is 3.83. The lowest BCUT2D eigenvalue weighted by molar-refractivity contribution is 0.102. The van der Waals surface area contributed by atoms with Gasteiger partial charge in [0.2, 0.25) is 0 Å². The molecular formula is C23H28BN7O2. The molecule has 0 bridgehead atoms. The summed E-state index contributed by atoms with van der Waals surface area (Å²) in [6.07, 6.45) is 4.96. The van der Waals surface area contributed by atoms with Crippen LogP contribution in [0.3, 0.4) is 0 Å². The lowest BCUT2D eigenvalue weighted by Gasteiger charge is -2.37. The molecule has 1 aliphatic heterocycles. The third kappa shape index (κ3) is 5.29. The van der Waals surface area contributed by atoms with E-state index in [9.17, 15) is 9.82 Å². The highest BCUT2D eigenvalue weighted by atomic mass is 16.2. The van der Waals surface area contributed by atoms with Gasteiger partial charge in [0.05, 0.1) is 17.6 Å². The van der Waals surface area contributed by atoms with Gasteiger partial charge in [0.25, 0.3) is 5.91 Å². The Kier molecular flexibility index (Phi) is 6.86. The molecule has 0 unspecified atom stereocenters. The van der Waals surface area contributed by atoms with Gasteiger partial charge in [-0.15, -0.1) is 0 Å². The topological polar surface area (TPSA) is 97.7 Å². The average Bonchev–Trinajstić information content (AvgIpc) is 2.84. The van der Waals surface area contributed by atoms with E-state index in [-0.39, 0.29) is 11.6 Å². The van der Waals surface area contributed by atoms with Gasteiger partial charge in [-0.3, -0.25) is 9.78 Å². The molecule has 0 spiro atoms. The van der Waals surface area contributed by atoms with Crippen molar-refractivity contribution in [2.75, 3.05) is 55.4 Å². The second kappa shape index (κ2) is 9.97. The van der Waals surface area contributed by atoms with Crippen LogP contribution in [0.1, 0.15) is 10.5 Å². The highest BCUT2D eigenvalue weighted by Crippen LogP contribution is 2.26. The third-order valence-electron chi connectivity index (χ3n) is 5.74. The number of hydrogen-bond acceptors (Lipinski definition) is 8. The van der Waals surface area contributed by atoms with Crippen molar-refractivity contribution in [3.05, 3.63) is 60.7 Å². The van der Waals surface area contributed by atoms with E-state index in [0.29, 0.717) is 11.5 Å². The van der Waals surface area contributed by atoms with Crippen LogP contribution < -0.4 is 15.1 Å². The van der Waals surface area contributed by atoms with E-state index >= 15 is 0 Å². The number of hydrogen-bond donors (Lipinski definition) is 2. The van der Waals surface area contributed by atoms with Crippen molar-refractivity contribution < 1.29 is 9.82 Å². The Morgan fingerprint density at radius 1 is 1.12 bits per heavy atom. The van der Waals surface area contributed by atoms with Gasteiger partial charge in [0.15, 0.2) is 5.82 Å². The first-order chi connectivity index (χ1) is 15.9. The first kappa shape index (κ1) is 22.7. The molecule has 10 heteroatoms. The van der Waals surface area contributed by atoms with Gasteiger partial charge in [-0.05, 0) is 31.1 Å². The highest BCUT2D eigenvalue weighted by Gasteiger charge is 2.24. The summed E-state index contributed by atoms with van der Waals surface area (Å²) in [7, 11) is 3.48. The molecule has 170 valence electrons. The minimum absolute atomic E-state index is 0.281. The van der Waals surface area contributed by atoms with Crippen LogP contribution in [0.2, 0.25) is 6.82 Å². The monoisotopic (exact) mass is 445 g/mol. The Morgan fingerprint density at radius 2 is 1.91 bits per heavy atom. The maximum absolute atomic E-state index is 13.1. The summed E-state index contributed by atoms with van der Waals surface area (Å²) < 4.78 is 0. The molecule has 2 N–H and O–H groups in total. The zero-order valence-corrected chi connectivity index (χ0v) is 19.1. The van der Waals surface area contributed by atoms with Gasteiger partial charge in [-0.1, -0.05) is 12.1 Å².